The number of nitrogens with zero attached hydrogens (tertiary/aromatic N) is 1. The van der Waals surface area contributed by atoms with Crippen LogP contribution in [0.4, 0.5) is 0 Å². The van der Waals surface area contributed by atoms with Crippen LogP contribution < -0.4 is 14.8 Å². The first-order chi connectivity index (χ1) is 15.0. The molecule has 0 radical (unpaired) electrons. The summed E-state index contributed by atoms with van der Waals surface area (Å²) in [7, 11) is 1.60. The van der Waals surface area contributed by atoms with Crippen molar-refractivity contribution in [3.05, 3.63) is 58.1 Å². The van der Waals surface area contributed by atoms with Crippen molar-refractivity contribution in [2.75, 3.05) is 26.8 Å². The van der Waals surface area contributed by atoms with Crippen molar-refractivity contribution in [2.45, 2.75) is 31.7 Å². The summed E-state index contributed by atoms with van der Waals surface area (Å²) in [5.74, 6) is 1.30. The summed E-state index contributed by atoms with van der Waals surface area (Å²) >= 11 is 11.8. The molecule has 1 fully saturated rings. The normalized spacial score (nSPS) is 14.2. The maximum atomic E-state index is 12.6. The largest absolute Gasteiger partial charge is 0.496 e. The maximum absolute atomic E-state index is 12.6. The van der Waals surface area contributed by atoms with E-state index in [4.69, 9.17) is 32.7 Å². The van der Waals surface area contributed by atoms with Gasteiger partial charge in [0.2, 0.25) is 11.8 Å². The smallest absolute Gasteiger partial charge is 0.227 e. The second-order valence-corrected chi connectivity index (χ2v) is 8.20. The van der Waals surface area contributed by atoms with Gasteiger partial charge in [0.05, 0.1) is 36.6 Å². The van der Waals surface area contributed by atoms with Crippen molar-refractivity contribution in [3.8, 4) is 11.5 Å². The molecule has 0 atom stereocenters. The standard InChI is InChI=1S/C23H26Cl2N2O4/c1-30-21-5-3-2-4-16(21)14-23(29)27-11-8-17(9-12-27)26-22(28)10-13-31-18-6-7-19(24)20(25)15-18/h2-7,15,17H,8-14H2,1H3,(H,26,28). The Morgan fingerprint density at radius 3 is 2.55 bits per heavy atom. The fourth-order valence-corrected chi connectivity index (χ4v) is 3.81. The third-order valence-electron chi connectivity index (χ3n) is 5.24. The first-order valence-corrected chi connectivity index (χ1v) is 11.0. The van der Waals surface area contributed by atoms with E-state index >= 15 is 0 Å². The molecule has 2 amide bonds. The molecule has 0 bridgehead atoms. The first-order valence-electron chi connectivity index (χ1n) is 10.2. The van der Waals surface area contributed by atoms with Gasteiger partial charge in [-0.05, 0) is 31.0 Å². The molecule has 1 saturated heterocycles. The third-order valence-corrected chi connectivity index (χ3v) is 5.97. The van der Waals surface area contributed by atoms with E-state index in [1.165, 1.54) is 0 Å². The third kappa shape index (κ3) is 6.77. The molecule has 3 rings (SSSR count). The van der Waals surface area contributed by atoms with Crippen molar-refractivity contribution in [1.29, 1.82) is 0 Å². The molecule has 1 heterocycles. The van der Waals surface area contributed by atoms with E-state index in [2.05, 4.69) is 5.32 Å². The Kier molecular flexibility index (Phi) is 8.43. The van der Waals surface area contributed by atoms with E-state index in [0.29, 0.717) is 35.3 Å². The number of hydrogen-bond donors (Lipinski definition) is 1. The highest BCUT2D eigenvalue weighted by atomic mass is 35.5. The molecule has 166 valence electrons. The quantitative estimate of drug-likeness (QED) is 0.637. The molecule has 1 N–H and O–H groups in total. The molecule has 6 nitrogen and oxygen atoms in total. The summed E-state index contributed by atoms with van der Waals surface area (Å²) in [6.45, 7) is 1.50. The number of nitrogens with one attached hydrogen (secondary N) is 1. The van der Waals surface area contributed by atoms with E-state index in [1.54, 1.807) is 25.3 Å². The summed E-state index contributed by atoms with van der Waals surface area (Å²) in [5.41, 5.74) is 0.882. The van der Waals surface area contributed by atoms with Gasteiger partial charge in [0, 0.05) is 30.8 Å². The minimum atomic E-state index is -0.0705. The summed E-state index contributed by atoms with van der Waals surface area (Å²) in [6.07, 6.45) is 2.02. The van der Waals surface area contributed by atoms with Crippen LogP contribution >= 0.6 is 23.2 Å². The number of hydrogen-bond acceptors (Lipinski definition) is 4. The molecule has 8 heteroatoms. The molecule has 2 aromatic rings. The van der Waals surface area contributed by atoms with Gasteiger partial charge in [-0.25, -0.2) is 0 Å². The lowest BCUT2D eigenvalue weighted by atomic mass is 10.0. The number of benzene rings is 2. The van der Waals surface area contributed by atoms with Gasteiger partial charge in [-0.3, -0.25) is 9.59 Å². The fourth-order valence-electron chi connectivity index (χ4n) is 3.53. The highest BCUT2D eigenvalue weighted by Crippen LogP contribution is 2.26. The maximum Gasteiger partial charge on any atom is 0.227 e. The number of likely N-dealkylation sites (tertiary alicyclic amines) is 1. The fraction of sp³-hybridized carbons (Fsp3) is 0.391. The van der Waals surface area contributed by atoms with Gasteiger partial charge in [-0.1, -0.05) is 41.4 Å². The van der Waals surface area contributed by atoms with Crippen LogP contribution in [0.5, 0.6) is 11.5 Å². The van der Waals surface area contributed by atoms with E-state index in [-0.39, 0.29) is 30.9 Å². The molecule has 31 heavy (non-hydrogen) atoms. The van der Waals surface area contributed by atoms with Crippen LogP contribution in [0.3, 0.4) is 0 Å². The number of carbonyl (C=O) groups is 2. The zero-order valence-corrected chi connectivity index (χ0v) is 18.9. The van der Waals surface area contributed by atoms with E-state index in [1.807, 2.05) is 29.2 Å². The summed E-state index contributed by atoms with van der Waals surface area (Å²) in [5, 5.41) is 3.90. The molecule has 0 saturated carbocycles. The molecular formula is C23H26Cl2N2O4. The molecule has 1 aliphatic rings. The lowest BCUT2D eigenvalue weighted by Crippen LogP contribution is -2.47. The number of rotatable bonds is 8. The molecule has 0 aromatic heterocycles. The van der Waals surface area contributed by atoms with Gasteiger partial charge >= 0.3 is 0 Å². The number of ether oxygens (including phenoxy) is 2. The molecular weight excluding hydrogens is 439 g/mol. The van der Waals surface area contributed by atoms with Crippen LogP contribution in [0.25, 0.3) is 0 Å². The van der Waals surface area contributed by atoms with Crippen molar-refractivity contribution >= 4 is 35.0 Å². The average molecular weight is 465 g/mol. The Balaban J connectivity index is 1.37. The summed E-state index contributed by atoms with van der Waals surface area (Å²) in [4.78, 5) is 26.7. The summed E-state index contributed by atoms with van der Waals surface area (Å²) < 4.78 is 10.9. The van der Waals surface area contributed by atoms with E-state index in [0.717, 1.165) is 24.2 Å². The van der Waals surface area contributed by atoms with Crippen LogP contribution in [-0.4, -0.2) is 49.6 Å². The topological polar surface area (TPSA) is 67.9 Å². The van der Waals surface area contributed by atoms with E-state index < -0.39 is 0 Å². The van der Waals surface area contributed by atoms with Gasteiger partial charge in [0.1, 0.15) is 11.5 Å². The number of carbonyl (C=O) groups excluding carboxylic acids is 2. The lowest BCUT2D eigenvalue weighted by molar-refractivity contribution is -0.131. The van der Waals surface area contributed by atoms with Crippen molar-refractivity contribution in [2.24, 2.45) is 0 Å². The highest BCUT2D eigenvalue weighted by Gasteiger charge is 2.24. The second-order valence-electron chi connectivity index (χ2n) is 7.39. The molecule has 0 unspecified atom stereocenters. The van der Waals surface area contributed by atoms with Gasteiger partial charge in [0.25, 0.3) is 0 Å². The van der Waals surface area contributed by atoms with Crippen molar-refractivity contribution in [3.63, 3.8) is 0 Å². The zero-order valence-electron chi connectivity index (χ0n) is 17.4. The number of amides is 2. The van der Waals surface area contributed by atoms with Crippen LogP contribution in [0.2, 0.25) is 10.0 Å². The average Bonchev–Trinajstić information content (AvgIpc) is 2.77. The van der Waals surface area contributed by atoms with Crippen molar-refractivity contribution < 1.29 is 19.1 Å². The molecule has 0 spiro atoms. The van der Waals surface area contributed by atoms with Crippen LogP contribution in [0.15, 0.2) is 42.5 Å². The molecule has 2 aromatic carbocycles. The highest BCUT2D eigenvalue weighted by molar-refractivity contribution is 6.42. The molecule has 1 aliphatic heterocycles. The Morgan fingerprint density at radius 2 is 1.84 bits per heavy atom. The lowest BCUT2D eigenvalue weighted by Gasteiger charge is -2.32. The Morgan fingerprint density at radius 1 is 1.10 bits per heavy atom. The second kappa shape index (κ2) is 11.3. The van der Waals surface area contributed by atoms with E-state index in [9.17, 15) is 9.59 Å². The summed E-state index contributed by atoms with van der Waals surface area (Å²) in [6, 6.07) is 12.6. The minimum absolute atomic E-state index is 0.0628. The Bertz CT molecular complexity index is 914. The van der Waals surface area contributed by atoms with Crippen LogP contribution in [0.1, 0.15) is 24.8 Å². The zero-order chi connectivity index (χ0) is 22.2. The number of para-hydroxylation sites is 1. The van der Waals surface area contributed by atoms with Gasteiger partial charge in [0.15, 0.2) is 0 Å². The van der Waals surface area contributed by atoms with Gasteiger partial charge < -0.3 is 19.7 Å². The SMILES string of the molecule is COc1ccccc1CC(=O)N1CCC(NC(=O)CCOc2ccc(Cl)c(Cl)c2)CC1. The molecule has 0 aliphatic carbocycles. The Hall–Kier alpha value is -2.44. The predicted octanol–water partition coefficient (Wildman–Crippen LogP) is 4.12. The first kappa shape index (κ1) is 23.2. The number of methoxy groups -OCH3 is 1. The van der Waals surface area contributed by atoms with Gasteiger partial charge in [-0.15, -0.1) is 0 Å². The minimum Gasteiger partial charge on any atom is -0.496 e. The van der Waals surface area contributed by atoms with Crippen molar-refractivity contribution in [1.82, 2.24) is 10.2 Å². The Labute approximate surface area is 192 Å². The van der Waals surface area contributed by atoms with Gasteiger partial charge in [-0.2, -0.15) is 0 Å². The van der Waals surface area contributed by atoms with Crippen LogP contribution in [0, 0.1) is 0 Å². The van der Waals surface area contributed by atoms with Crippen LogP contribution in [-0.2, 0) is 16.0 Å². The number of halogens is 2. The predicted molar refractivity (Wildman–Crippen MR) is 121 cm³/mol. The monoisotopic (exact) mass is 464 g/mol. The number of piperidine rings is 1.